The second kappa shape index (κ2) is 6.48. The van der Waals surface area contributed by atoms with E-state index >= 15 is 0 Å². The van der Waals surface area contributed by atoms with Gasteiger partial charge in [0, 0.05) is 11.6 Å². The largest absolute Gasteiger partial charge is 0.496 e. The molecular formula is C19H20O3. The van der Waals surface area contributed by atoms with Crippen molar-refractivity contribution in [2.45, 2.75) is 20.8 Å². The van der Waals surface area contributed by atoms with E-state index in [4.69, 9.17) is 9.84 Å². The van der Waals surface area contributed by atoms with E-state index in [2.05, 4.69) is 32.0 Å². The molecule has 2 aromatic carbocycles. The molecule has 0 saturated heterocycles. The number of carboxylic acid groups (broad SMARTS) is 1. The first-order valence-electron chi connectivity index (χ1n) is 7.09. The van der Waals surface area contributed by atoms with E-state index in [1.807, 2.05) is 18.2 Å². The molecule has 3 heteroatoms. The Balaban J connectivity index is 2.57. The van der Waals surface area contributed by atoms with Crippen molar-refractivity contribution >= 4 is 11.5 Å². The highest BCUT2D eigenvalue weighted by molar-refractivity contribution is 5.90. The summed E-state index contributed by atoms with van der Waals surface area (Å²) in [5.74, 6) is -0.170. The van der Waals surface area contributed by atoms with Crippen molar-refractivity contribution in [3.8, 4) is 16.9 Å². The number of allylic oxidation sites excluding steroid dienone is 1. The molecule has 0 radical (unpaired) electrons. The topological polar surface area (TPSA) is 46.5 Å². The van der Waals surface area contributed by atoms with Crippen molar-refractivity contribution in [1.82, 2.24) is 0 Å². The minimum atomic E-state index is -0.943. The second-order valence-corrected chi connectivity index (χ2v) is 5.38. The Morgan fingerprint density at radius 3 is 2.41 bits per heavy atom. The molecule has 0 bridgehead atoms. The SMILES string of the molecule is COc1ccc(/C(C)=C/C(=O)O)cc1-c1ccc(C)c(C)c1. The van der Waals surface area contributed by atoms with Crippen LogP contribution in [0, 0.1) is 13.8 Å². The third kappa shape index (κ3) is 3.37. The maximum atomic E-state index is 10.8. The average Bonchev–Trinajstić information content (AvgIpc) is 2.48. The third-order valence-corrected chi connectivity index (χ3v) is 3.81. The summed E-state index contributed by atoms with van der Waals surface area (Å²) < 4.78 is 5.45. The Bertz CT molecular complexity index is 742. The fourth-order valence-corrected chi connectivity index (χ4v) is 2.36. The predicted octanol–water partition coefficient (Wildman–Crippen LogP) is 4.47. The zero-order chi connectivity index (χ0) is 16.3. The fourth-order valence-electron chi connectivity index (χ4n) is 2.36. The van der Waals surface area contributed by atoms with Gasteiger partial charge in [-0.3, -0.25) is 0 Å². The molecule has 3 nitrogen and oxygen atoms in total. The van der Waals surface area contributed by atoms with Gasteiger partial charge in [0.1, 0.15) is 5.75 Å². The molecule has 114 valence electrons. The van der Waals surface area contributed by atoms with Gasteiger partial charge in [0.15, 0.2) is 0 Å². The Kier molecular flexibility index (Phi) is 4.66. The van der Waals surface area contributed by atoms with Crippen molar-refractivity contribution in [2.75, 3.05) is 7.11 Å². The minimum absolute atomic E-state index is 0.709. The number of hydrogen-bond acceptors (Lipinski definition) is 2. The number of methoxy groups -OCH3 is 1. The number of rotatable bonds is 4. The smallest absolute Gasteiger partial charge is 0.328 e. The van der Waals surface area contributed by atoms with Gasteiger partial charge in [-0.25, -0.2) is 4.79 Å². The monoisotopic (exact) mass is 296 g/mol. The minimum Gasteiger partial charge on any atom is -0.496 e. The van der Waals surface area contributed by atoms with Crippen LogP contribution in [-0.4, -0.2) is 18.2 Å². The van der Waals surface area contributed by atoms with Crippen molar-refractivity contribution in [3.05, 3.63) is 59.2 Å². The number of ether oxygens (including phenoxy) is 1. The van der Waals surface area contributed by atoms with Gasteiger partial charge >= 0.3 is 5.97 Å². The van der Waals surface area contributed by atoms with Crippen molar-refractivity contribution in [2.24, 2.45) is 0 Å². The molecule has 1 N–H and O–H groups in total. The zero-order valence-corrected chi connectivity index (χ0v) is 13.3. The van der Waals surface area contributed by atoms with Gasteiger partial charge in [-0.15, -0.1) is 0 Å². The van der Waals surface area contributed by atoms with Crippen LogP contribution in [0.15, 0.2) is 42.5 Å². The quantitative estimate of drug-likeness (QED) is 0.847. The molecule has 0 saturated carbocycles. The lowest BCUT2D eigenvalue weighted by molar-refractivity contribution is -0.131. The number of carboxylic acids is 1. The van der Waals surface area contributed by atoms with Crippen LogP contribution in [0.4, 0.5) is 0 Å². The van der Waals surface area contributed by atoms with E-state index < -0.39 is 5.97 Å². The molecule has 0 atom stereocenters. The maximum absolute atomic E-state index is 10.8. The van der Waals surface area contributed by atoms with Crippen LogP contribution in [0.2, 0.25) is 0 Å². The van der Waals surface area contributed by atoms with Gasteiger partial charge in [-0.2, -0.15) is 0 Å². The molecule has 0 unspecified atom stereocenters. The molecule has 0 amide bonds. The van der Waals surface area contributed by atoms with Crippen LogP contribution in [0.25, 0.3) is 16.7 Å². The van der Waals surface area contributed by atoms with Crippen LogP contribution in [-0.2, 0) is 4.79 Å². The van der Waals surface area contributed by atoms with Crippen LogP contribution >= 0.6 is 0 Å². The van der Waals surface area contributed by atoms with Gasteiger partial charge in [0.25, 0.3) is 0 Å². The molecule has 0 aliphatic rings. The Labute approximate surface area is 130 Å². The number of aryl methyl sites for hydroxylation is 2. The van der Waals surface area contributed by atoms with E-state index in [9.17, 15) is 4.79 Å². The van der Waals surface area contributed by atoms with Crippen molar-refractivity contribution in [3.63, 3.8) is 0 Å². The molecule has 0 spiro atoms. The molecule has 0 aromatic heterocycles. The van der Waals surface area contributed by atoms with E-state index in [0.717, 1.165) is 22.4 Å². The summed E-state index contributed by atoms with van der Waals surface area (Å²) in [5.41, 5.74) is 6.05. The summed E-state index contributed by atoms with van der Waals surface area (Å²) in [6.07, 6.45) is 1.21. The number of benzene rings is 2. The lowest BCUT2D eigenvalue weighted by Crippen LogP contribution is -1.93. The van der Waals surface area contributed by atoms with Crippen LogP contribution < -0.4 is 4.74 Å². The second-order valence-electron chi connectivity index (χ2n) is 5.38. The highest BCUT2D eigenvalue weighted by atomic mass is 16.5. The molecular weight excluding hydrogens is 276 g/mol. The fraction of sp³-hybridized carbons (Fsp3) is 0.211. The van der Waals surface area contributed by atoms with Crippen molar-refractivity contribution < 1.29 is 14.6 Å². The summed E-state index contributed by atoms with van der Waals surface area (Å²) in [5, 5.41) is 8.90. The first-order valence-corrected chi connectivity index (χ1v) is 7.09. The Morgan fingerprint density at radius 1 is 1.09 bits per heavy atom. The Morgan fingerprint density at radius 2 is 1.82 bits per heavy atom. The lowest BCUT2D eigenvalue weighted by Gasteiger charge is -2.13. The molecule has 0 heterocycles. The van der Waals surface area contributed by atoms with Gasteiger partial charge in [0.05, 0.1) is 7.11 Å². The molecule has 0 aliphatic heterocycles. The maximum Gasteiger partial charge on any atom is 0.328 e. The van der Waals surface area contributed by atoms with Crippen molar-refractivity contribution in [1.29, 1.82) is 0 Å². The van der Waals surface area contributed by atoms with Gasteiger partial charge in [0.2, 0.25) is 0 Å². The van der Waals surface area contributed by atoms with E-state index in [0.29, 0.717) is 5.57 Å². The number of aliphatic carboxylic acids is 1. The van der Waals surface area contributed by atoms with Crippen LogP contribution in [0.3, 0.4) is 0 Å². The van der Waals surface area contributed by atoms with Gasteiger partial charge < -0.3 is 9.84 Å². The zero-order valence-electron chi connectivity index (χ0n) is 13.3. The molecule has 0 aliphatic carbocycles. The highest BCUT2D eigenvalue weighted by Gasteiger charge is 2.09. The first kappa shape index (κ1) is 15.8. The normalized spacial score (nSPS) is 11.4. The molecule has 22 heavy (non-hydrogen) atoms. The summed E-state index contributed by atoms with van der Waals surface area (Å²) in [7, 11) is 1.64. The predicted molar refractivity (Wildman–Crippen MR) is 89.2 cm³/mol. The summed E-state index contributed by atoms with van der Waals surface area (Å²) in [6.45, 7) is 5.94. The molecule has 0 fully saturated rings. The first-order chi connectivity index (χ1) is 10.4. The van der Waals surface area contributed by atoms with Crippen LogP contribution in [0.5, 0.6) is 5.75 Å². The number of hydrogen-bond donors (Lipinski definition) is 1. The van der Waals surface area contributed by atoms with Gasteiger partial charge in [-0.05, 0) is 60.7 Å². The van der Waals surface area contributed by atoms with E-state index in [1.54, 1.807) is 14.0 Å². The molecule has 2 rings (SSSR count). The van der Waals surface area contributed by atoms with Crippen LogP contribution in [0.1, 0.15) is 23.6 Å². The van der Waals surface area contributed by atoms with Gasteiger partial charge in [-0.1, -0.05) is 24.3 Å². The molecule has 2 aromatic rings. The Hall–Kier alpha value is -2.55. The lowest BCUT2D eigenvalue weighted by atomic mass is 9.96. The highest BCUT2D eigenvalue weighted by Crippen LogP contribution is 2.33. The standard InChI is InChI=1S/C19H20O3/c1-12-5-6-16(9-13(12)2)17-11-15(7-8-18(17)22-4)14(3)10-19(20)21/h5-11H,1-4H3,(H,20,21)/b14-10+. The third-order valence-electron chi connectivity index (χ3n) is 3.81. The average molecular weight is 296 g/mol. The number of carbonyl (C=O) groups is 1. The summed E-state index contributed by atoms with van der Waals surface area (Å²) >= 11 is 0. The summed E-state index contributed by atoms with van der Waals surface area (Å²) in [4.78, 5) is 10.8. The summed E-state index contributed by atoms with van der Waals surface area (Å²) in [6, 6.07) is 12.0. The van der Waals surface area contributed by atoms with E-state index in [1.165, 1.54) is 17.2 Å². The van der Waals surface area contributed by atoms with E-state index in [-0.39, 0.29) is 0 Å².